The quantitative estimate of drug-likeness (QED) is 0.684. The van der Waals surface area contributed by atoms with E-state index in [0.29, 0.717) is 26.2 Å². The molecule has 1 saturated heterocycles. The van der Waals surface area contributed by atoms with E-state index in [-0.39, 0.29) is 18.5 Å². The van der Waals surface area contributed by atoms with Gasteiger partial charge in [0.25, 0.3) is 0 Å². The van der Waals surface area contributed by atoms with Crippen LogP contribution in [0.4, 0.5) is 0 Å². The van der Waals surface area contributed by atoms with Crippen molar-refractivity contribution in [3.63, 3.8) is 0 Å². The number of nitrogens with zero attached hydrogens (tertiary/aromatic N) is 2. The van der Waals surface area contributed by atoms with E-state index in [1.807, 2.05) is 42.2 Å². The van der Waals surface area contributed by atoms with Gasteiger partial charge in [-0.25, -0.2) is 8.42 Å². The fraction of sp³-hybridized carbons (Fsp3) is 0.375. The predicted octanol–water partition coefficient (Wildman–Crippen LogP) is 3.04. The molecule has 0 radical (unpaired) electrons. The first-order valence-electron chi connectivity index (χ1n) is 10.7. The number of piperazine rings is 1. The van der Waals surface area contributed by atoms with Crippen LogP contribution in [0.25, 0.3) is 6.08 Å². The van der Waals surface area contributed by atoms with Gasteiger partial charge in [0.15, 0.2) is 0 Å². The van der Waals surface area contributed by atoms with Gasteiger partial charge in [-0.1, -0.05) is 61.5 Å². The second-order valence-corrected chi connectivity index (χ2v) is 9.64. The minimum Gasteiger partial charge on any atom is -0.348 e. The number of hydrogen-bond acceptors (Lipinski definition) is 4. The number of amides is 1. The molecule has 166 valence electrons. The summed E-state index contributed by atoms with van der Waals surface area (Å²) in [5, 5.41) is 4.30. The maximum Gasteiger partial charge on any atom is 0.236 e. The van der Waals surface area contributed by atoms with Gasteiger partial charge in [0, 0.05) is 31.6 Å². The molecule has 0 aromatic heterocycles. The van der Waals surface area contributed by atoms with Gasteiger partial charge in [0.2, 0.25) is 15.9 Å². The van der Waals surface area contributed by atoms with Crippen LogP contribution in [0.5, 0.6) is 0 Å². The normalized spacial score (nSPS) is 17.0. The van der Waals surface area contributed by atoms with Crippen LogP contribution >= 0.6 is 0 Å². The molecule has 1 fully saturated rings. The summed E-state index contributed by atoms with van der Waals surface area (Å²) in [6.07, 6.45) is 2.61. The number of carbonyl (C=O) groups is 1. The summed E-state index contributed by atoms with van der Waals surface area (Å²) in [6.45, 7) is 6.18. The molecule has 0 aliphatic carbocycles. The Morgan fingerprint density at radius 2 is 1.68 bits per heavy atom. The number of hydrogen-bond donors (Lipinski definition) is 1. The maximum absolute atomic E-state index is 12.6. The second kappa shape index (κ2) is 10.7. The topological polar surface area (TPSA) is 69.7 Å². The standard InChI is InChI=1S/C24H31N3O3S/c1-3-21-9-11-23(12-10-21)20(2)25-24(28)19-26-14-16-27(17-15-26)31(29,30)18-13-22-7-5-4-6-8-22/h4-13,18,20H,3,14-17,19H2,1-2H3,(H,25,28)/b18-13+. The fourth-order valence-electron chi connectivity index (χ4n) is 3.57. The van der Waals surface area contributed by atoms with Crippen molar-refractivity contribution in [2.24, 2.45) is 0 Å². The van der Waals surface area contributed by atoms with E-state index in [9.17, 15) is 13.2 Å². The minimum absolute atomic E-state index is 0.0488. The van der Waals surface area contributed by atoms with E-state index in [2.05, 4.69) is 36.5 Å². The third kappa shape index (κ3) is 6.75. The molecule has 0 bridgehead atoms. The molecule has 1 amide bonds. The van der Waals surface area contributed by atoms with Crippen LogP contribution in [-0.2, 0) is 21.2 Å². The molecule has 2 aromatic rings. The molecule has 2 aromatic carbocycles. The Hall–Kier alpha value is -2.48. The van der Waals surface area contributed by atoms with Crippen molar-refractivity contribution in [1.82, 2.24) is 14.5 Å². The highest BCUT2D eigenvalue weighted by Gasteiger charge is 2.26. The van der Waals surface area contributed by atoms with Crippen LogP contribution in [0.15, 0.2) is 60.0 Å². The minimum atomic E-state index is -3.47. The number of carbonyl (C=O) groups excluding carboxylic acids is 1. The summed E-state index contributed by atoms with van der Waals surface area (Å²) in [4.78, 5) is 14.5. The van der Waals surface area contributed by atoms with Crippen molar-refractivity contribution < 1.29 is 13.2 Å². The van der Waals surface area contributed by atoms with Crippen LogP contribution in [-0.4, -0.2) is 56.3 Å². The highest BCUT2D eigenvalue weighted by molar-refractivity contribution is 7.92. The van der Waals surface area contributed by atoms with Crippen LogP contribution in [0, 0.1) is 0 Å². The Morgan fingerprint density at radius 3 is 2.29 bits per heavy atom. The molecule has 6 nitrogen and oxygen atoms in total. The average molecular weight is 442 g/mol. The zero-order valence-electron chi connectivity index (χ0n) is 18.2. The van der Waals surface area contributed by atoms with E-state index in [4.69, 9.17) is 0 Å². The maximum atomic E-state index is 12.6. The van der Waals surface area contributed by atoms with Gasteiger partial charge < -0.3 is 5.32 Å². The molecule has 1 unspecified atom stereocenters. The lowest BCUT2D eigenvalue weighted by Gasteiger charge is -2.33. The fourth-order valence-corrected chi connectivity index (χ4v) is 4.75. The molecule has 3 rings (SSSR count). The Balaban J connectivity index is 1.46. The Kier molecular flexibility index (Phi) is 8.01. The lowest BCUT2D eigenvalue weighted by atomic mass is 10.1. The van der Waals surface area contributed by atoms with E-state index in [1.165, 1.54) is 15.3 Å². The van der Waals surface area contributed by atoms with Crippen molar-refractivity contribution in [3.05, 3.63) is 76.7 Å². The lowest BCUT2D eigenvalue weighted by Crippen LogP contribution is -2.50. The van der Waals surface area contributed by atoms with Crippen molar-refractivity contribution in [1.29, 1.82) is 0 Å². The van der Waals surface area contributed by atoms with Crippen LogP contribution in [0.2, 0.25) is 0 Å². The van der Waals surface area contributed by atoms with Gasteiger partial charge in [0.1, 0.15) is 0 Å². The summed E-state index contributed by atoms with van der Waals surface area (Å²) < 4.78 is 26.6. The number of aryl methyl sites for hydroxylation is 1. The molecule has 1 atom stereocenters. The molecule has 1 heterocycles. The molecular weight excluding hydrogens is 410 g/mol. The summed E-state index contributed by atoms with van der Waals surface area (Å²) in [6, 6.07) is 17.6. The SMILES string of the molecule is CCc1ccc(C(C)NC(=O)CN2CCN(S(=O)(=O)/C=C/c3ccccc3)CC2)cc1. The summed E-state index contributed by atoms with van der Waals surface area (Å²) in [5.74, 6) is -0.0488. The third-order valence-electron chi connectivity index (χ3n) is 5.56. The lowest BCUT2D eigenvalue weighted by molar-refractivity contribution is -0.123. The Labute approximate surface area is 185 Å². The first kappa shape index (κ1) is 23.2. The largest absolute Gasteiger partial charge is 0.348 e. The highest BCUT2D eigenvalue weighted by atomic mass is 32.2. The van der Waals surface area contributed by atoms with Gasteiger partial charge >= 0.3 is 0 Å². The number of benzene rings is 2. The molecule has 1 aliphatic heterocycles. The smallest absolute Gasteiger partial charge is 0.236 e. The zero-order chi connectivity index (χ0) is 22.3. The number of rotatable bonds is 8. The van der Waals surface area contributed by atoms with Crippen molar-refractivity contribution in [2.75, 3.05) is 32.7 Å². The molecule has 0 spiro atoms. The highest BCUT2D eigenvalue weighted by Crippen LogP contribution is 2.15. The predicted molar refractivity (Wildman–Crippen MR) is 125 cm³/mol. The number of sulfonamides is 1. The first-order valence-corrected chi connectivity index (χ1v) is 12.2. The number of nitrogens with one attached hydrogen (secondary N) is 1. The van der Waals surface area contributed by atoms with Crippen LogP contribution in [0.1, 0.15) is 36.6 Å². The monoisotopic (exact) mass is 441 g/mol. The third-order valence-corrected chi connectivity index (χ3v) is 7.12. The van der Waals surface area contributed by atoms with Gasteiger partial charge in [-0.2, -0.15) is 4.31 Å². The second-order valence-electron chi connectivity index (χ2n) is 7.82. The van der Waals surface area contributed by atoms with Crippen LogP contribution in [0.3, 0.4) is 0 Å². The van der Waals surface area contributed by atoms with Crippen molar-refractivity contribution in [3.8, 4) is 0 Å². The Morgan fingerprint density at radius 1 is 1.03 bits per heavy atom. The van der Waals surface area contributed by atoms with Gasteiger partial charge in [0.05, 0.1) is 12.6 Å². The van der Waals surface area contributed by atoms with Crippen molar-refractivity contribution >= 4 is 22.0 Å². The summed E-state index contributed by atoms with van der Waals surface area (Å²) in [5.41, 5.74) is 3.19. The molecule has 31 heavy (non-hydrogen) atoms. The van der Waals surface area contributed by atoms with E-state index >= 15 is 0 Å². The summed E-state index contributed by atoms with van der Waals surface area (Å²) in [7, 11) is -3.47. The van der Waals surface area contributed by atoms with Crippen molar-refractivity contribution in [2.45, 2.75) is 26.3 Å². The molecule has 1 N–H and O–H groups in total. The van der Waals surface area contributed by atoms with Crippen LogP contribution < -0.4 is 5.32 Å². The van der Waals surface area contributed by atoms with E-state index in [0.717, 1.165) is 17.5 Å². The van der Waals surface area contributed by atoms with E-state index in [1.54, 1.807) is 6.08 Å². The first-order chi connectivity index (χ1) is 14.9. The molecule has 0 saturated carbocycles. The molecule has 1 aliphatic rings. The van der Waals surface area contributed by atoms with E-state index < -0.39 is 10.0 Å². The van der Waals surface area contributed by atoms with Gasteiger partial charge in [-0.3, -0.25) is 9.69 Å². The summed E-state index contributed by atoms with van der Waals surface area (Å²) >= 11 is 0. The van der Waals surface area contributed by atoms with Gasteiger partial charge in [-0.05, 0) is 36.1 Å². The average Bonchev–Trinajstić information content (AvgIpc) is 2.79. The Bertz CT molecular complexity index is 980. The van der Waals surface area contributed by atoms with Gasteiger partial charge in [-0.15, -0.1) is 0 Å². The molecular formula is C24H31N3O3S. The zero-order valence-corrected chi connectivity index (χ0v) is 19.0. The molecule has 7 heteroatoms.